The number of carbonyl (C=O) groups is 2. The first kappa shape index (κ1) is 59.9. The third-order valence-corrected chi connectivity index (χ3v) is 16.2. The second-order valence-corrected chi connectivity index (χ2v) is 22.2. The highest BCUT2D eigenvalue weighted by Gasteiger charge is 2.20. The zero-order valence-corrected chi connectivity index (χ0v) is 50.1. The van der Waals surface area contributed by atoms with Crippen LogP contribution < -0.4 is 18.9 Å². The summed E-state index contributed by atoms with van der Waals surface area (Å²) in [7, 11) is 0. The molecule has 6 heterocycles. The Morgan fingerprint density at radius 3 is 0.956 bits per heavy atom. The molecule has 0 saturated carbocycles. The summed E-state index contributed by atoms with van der Waals surface area (Å²) in [5.41, 5.74) is 14.6. The molecule has 0 unspecified atom stereocenters. The summed E-state index contributed by atoms with van der Waals surface area (Å²) in [5, 5.41) is 25.5. The average molecular weight is 1210 g/mol. The second kappa shape index (κ2) is 26.9. The maximum Gasteiger partial charge on any atom is 0.307 e. The quantitative estimate of drug-likeness (QED) is 0.0731. The number of carboxylic acid groups (broad SMARTS) is 2. The molecule has 0 aliphatic rings. The second-order valence-electron chi connectivity index (χ2n) is 22.2. The molecule has 0 atom stereocenters. The summed E-state index contributed by atoms with van der Waals surface area (Å²) in [6.45, 7) is 6.53. The van der Waals surface area contributed by atoms with Crippen molar-refractivity contribution in [3.63, 3.8) is 0 Å². The highest BCUT2D eigenvalue weighted by molar-refractivity contribution is 5.92. The number of pyridine rings is 4. The van der Waals surface area contributed by atoms with Crippen LogP contribution in [0.25, 0.3) is 65.4 Å². The average Bonchev–Trinajstić information content (AvgIpc) is 1.67. The van der Waals surface area contributed by atoms with Crippen molar-refractivity contribution in [1.29, 1.82) is 0 Å². The van der Waals surface area contributed by atoms with Gasteiger partial charge >= 0.3 is 11.9 Å². The van der Waals surface area contributed by atoms with E-state index in [-0.39, 0.29) is 18.3 Å². The van der Waals surface area contributed by atoms with Gasteiger partial charge in [-0.15, -0.1) is 0 Å². The van der Waals surface area contributed by atoms with E-state index < -0.39 is 11.9 Å². The monoisotopic (exact) mass is 1200 g/mol. The van der Waals surface area contributed by atoms with E-state index in [4.69, 9.17) is 28.9 Å². The molecule has 0 spiro atoms. The number of hydrogen-bond acceptors (Lipinski definition) is 10. The Balaban J connectivity index is 0.000000174. The molecule has 0 fully saturated rings. The fraction of sp³-hybridized carbons (Fsp3) is 0.132. The number of nitrogens with zero attached hydrogens (tertiary/aromatic N) is 6. The van der Waals surface area contributed by atoms with E-state index in [1.807, 2.05) is 232 Å². The van der Waals surface area contributed by atoms with Crippen LogP contribution in [-0.4, -0.2) is 56.7 Å². The number of aromatic nitrogens is 6. The molecule has 14 rings (SSSR count). The zero-order valence-electron chi connectivity index (χ0n) is 50.1. The van der Waals surface area contributed by atoms with Crippen LogP contribution in [0.2, 0.25) is 0 Å². The minimum Gasteiger partial charge on any atom is -0.487 e. The summed E-state index contributed by atoms with van der Waals surface area (Å²) in [6.07, 6.45) is -0.138. The third kappa shape index (κ3) is 13.8. The Morgan fingerprint density at radius 1 is 0.363 bits per heavy atom. The Hall–Kier alpha value is -11.4. The fourth-order valence-corrected chi connectivity index (χ4v) is 11.5. The van der Waals surface area contributed by atoms with E-state index in [9.17, 15) is 19.8 Å². The molecule has 0 aliphatic heterocycles. The van der Waals surface area contributed by atoms with E-state index in [1.165, 1.54) is 0 Å². The molecule has 0 amide bonds. The number of aliphatic carboxylic acids is 2. The predicted octanol–water partition coefficient (Wildman–Crippen LogP) is 14.9. The molecule has 91 heavy (non-hydrogen) atoms. The Bertz CT molecular complexity index is 4650. The van der Waals surface area contributed by atoms with Crippen molar-refractivity contribution in [2.45, 2.75) is 66.2 Å². The molecule has 452 valence electrons. The normalized spacial score (nSPS) is 11.2. The van der Waals surface area contributed by atoms with Crippen molar-refractivity contribution in [2.24, 2.45) is 0 Å². The van der Waals surface area contributed by atoms with E-state index in [2.05, 4.69) is 31.2 Å². The Kier molecular flexibility index (Phi) is 17.7. The van der Waals surface area contributed by atoms with Crippen molar-refractivity contribution in [1.82, 2.24) is 29.1 Å². The fourth-order valence-electron chi connectivity index (χ4n) is 11.5. The number of rotatable bonds is 20. The Morgan fingerprint density at radius 2 is 0.648 bits per heavy atom. The van der Waals surface area contributed by atoms with Gasteiger partial charge in [-0.25, -0.2) is 19.9 Å². The smallest absolute Gasteiger partial charge is 0.307 e. The van der Waals surface area contributed by atoms with Crippen LogP contribution in [0.15, 0.2) is 231 Å². The molecule has 0 radical (unpaired) electrons. The lowest BCUT2D eigenvalue weighted by molar-refractivity contribution is -0.137. The molecular formula is C76H64N6O9. The van der Waals surface area contributed by atoms with Crippen molar-refractivity contribution in [3.8, 4) is 23.0 Å². The van der Waals surface area contributed by atoms with Gasteiger partial charge in [0.05, 0.1) is 57.7 Å². The number of benzene rings is 8. The lowest BCUT2D eigenvalue weighted by Gasteiger charge is -2.11. The number of carboxylic acids is 2. The van der Waals surface area contributed by atoms with Crippen LogP contribution >= 0.6 is 0 Å². The van der Waals surface area contributed by atoms with Crippen LogP contribution in [0, 0.1) is 13.8 Å². The maximum absolute atomic E-state index is 11.8. The summed E-state index contributed by atoms with van der Waals surface area (Å²) in [4.78, 5) is 42.4. The van der Waals surface area contributed by atoms with Crippen molar-refractivity contribution in [3.05, 3.63) is 287 Å². The minimum absolute atomic E-state index is 0. The van der Waals surface area contributed by atoms with Crippen LogP contribution in [-0.2, 0) is 61.9 Å². The van der Waals surface area contributed by atoms with Crippen LogP contribution in [0.5, 0.6) is 23.0 Å². The highest BCUT2D eigenvalue weighted by Crippen LogP contribution is 2.34. The van der Waals surface area contributed by atoms with Gasteiger partial charge in [0.15, 0.2) is 0 Å². The van der Waals surface area contributed by atoms with E-state index in [0.29, 0.717) is 51.0 Å². The van der Waals surface area contributed by atoms with E-state index >= 15 is 0 Å². The zero-order chi connectivity index (χ0) is 61.5. The van der Waals surface area contributed by atoms with Gasteiger partial charge in [0.25, 0.3) is 0 Å². The summed E-state index contributed by atoms with van der Waals surface area (Å²) < 4.78 is 28.6. The first-order valence-corrected chi connectivity index (χ1v) is 29.7. The number of ether oxygens (including phenoxy) is 4. The molecule has 15 nitrogen and oxygen atoms in total. The van der Waals surface area contributed by atoms with E-state index in [0.717, 1.165) is 133 Å². The largest absolute Gasteiger partial charge is 0.487 e. The molecule has 8 aromatic carbocycles. The molecule has 0 bridgehead atoms. The standard InChI is InChI=1S/2C38H31N3O4.H2O/c2*1-25-33(21-38(42)43)34-20-32(45-24-30-15-13-28-7-3-5-9-36(28)40-30)18-19-37(34)41(25)22-26-10-16-31(17-11-26)44-23-29-14-12-27-6-2-4-8-35(27)39-29;/h2*2-20H,21-24H2,1H3,(H,42,43);1H2. The van der Waals surface area contributed by atoms with Crippen LogP contribution in [0.3, 0.4) is 0 Å². The van der Waals surface area contributed by atoms with Crippen LogP contribution in [0.1, 0.15) is 56.4 Å². The van der Waals surface area contributed by atoms with Gasteiger partial charge in [-0.3, -0.25) is 9.59 Å². The number of fused-ring (bicyclic) bond motifs is 6. The molecule has 4 N–H and O–H groups in total. The molecular weight excluding hydrogens is 1140 g/mol. The topological polar surface area (TPSA) is 204 Å². The minimum atomic E-state index is -0.869. The van der Waals surface area contributed by atoms with Crippen molar-refractivity contribution < 1.29 is 44.2 Å². The molecule has 0 aliphatic carbocycles. The summed E-state index contributed by atoms with van der Waals surface area (Å²) in [6, 6.07) is 75.9. The Labute approximate surface area is 524 Å². The lowest BCUT2D eigenvalue weighted by Crippen LogP contribution is -2.05. The predicted molar refractivity (Wildman–Crippen MR) is 355 cm³/mol. The number of para-hydroxylation sites is 4. The van der Waals surface area contributed by atoms with Crippen molar-refractivity contribution >= 4 is 77.4 Å². The molecule has 0 saturated heterocycles. The van der Waals surface area contributed by atoms with Gasteiger partial charge in [0.2, 0.25) is 0 Å². The third-order valence-electron chi connectivity index (χ3n) is 16.2. The summed E-state index contributed by atoms with van der Waals surface area (Å²) >= 11 is 0. The van der Waals surface area contributed by atoms with E-state index in [1.54, 1.807) is 0 Å². The van der Waals surface area contributed by atoms with Gasteiger partial charge in [-0.2, -0.15) is 0 Å². The van der Waals surface area contributed by atoms with Gasteiger partial charge < -0.3 is 43.8 Å². The number of hydrogen-bond donors (Lipinski definition) is 2. The van der Waals surface area contributed by atoms with Gasteiger partial charge in [-0.1, -0.05) is 121 Å². The van der Waals surface area contributed by atoms with Gasteiger partial charge in [0.1, 0.15) is 49.4 Å². The first-order valence-electron chi connectivity index (χ1n) is 29.7. The highest BCUT2D eigenvalue weighted by atomic mass is 16.5. The summed E-state index contributed by atoms with van der Waals surface area (Å²) in [5.74, 6) is 1.12. The van der Waals surface area contributed by atoms with Crippen molar-refractivity contribution in [2.75, 3.05) is 0 Å². The molecule has 15 heteroatoms. The SMILES string of the molecule is Cc1c(CC(=O)O)c2cc(OCc3ccc4ccccc4n3)ccc2n1Cc1ccc(OCc2ccc3ccccc3n2)cc1.Cc1c(CC(=O)O)c2cc(OCc3ccc4ccccc4n3)ccc2n1Cc1ccc(OCc2ccc3ccccc3n2)cc1.O. The first-order chi connectivity index (χ1) is 44.0. The van der Waals surface area contributed by atoms with Crippen LogP contribution in [0.4, 0.5) is 0 Å². The van der Waals surface area contributed by atoms with Gasteiger partial charge in [0, 0.05) is 67.8 Å². The lowest BCUT2D eigenvalue weighted by atomic mass is 10.1. The molecule has 14 aromatic rings. The maximum atomic E-state index is 11.8. The van der Waals surface area contributed by atoms with Gasteiger partial charge in [-0.05, 0) is 145 Å². The molecule has 6 aromatic heterocycles.